The normalized spacial score (nSPS) is 17.0. The van der Waals surface area contributed by atoms with Crippen molar-refractivity contribution in [2.45, 2.75) is 19.0 Å². The van der Waals surface area contributed by atoms with E-state index in [4.69, 9.17) is 9.15 Å². The molecule has 0 bridgehead atoms. The quantitative estimate of drug-likeness (QED) is 0.441. The molecular formula is C22H19NO3S2. The van der Waals surface area contributed by atoms with Crippen molar-refractivity contribution in [2.75, 3.05) is 13.7 Å². The molecule has 0 fully saturated rings. The van der Waals surface area contributed by atoms with Crippen LogP contribution >= 0.6 is 22.7 Å². The number of ether oxygens (including phenoxy) is 1. The van der Waals surface area contributed by atoms with Crippen molar-refractivity contribution < 1.29 is 9.15 Å². The van der Waals surface area contributed by atoms with Crippen molar-refractivity contribution in [1.82, 2.24) is 4.90 Å². The first-order valence-corrected chi connectivity index (χ1v) is 10.9. The molecule has 1 unspecified atom stereocenters. The molecule has 3 aromatic heterocycles. The summed E-state index contributed by atoms with van der Waals surface area (Å²) >= 11 is 3.63. The molecule has 1 aromatic carbocycles. The maximum absolute atomic E-state index is 12.2. The van der Waals surface area contributed by atoms with Gasteiger partial charge in [-0.25, -0.2) is 4.79 Å². The molecule has 4 heterocycles. The number of fused-ring (bicyclic) bond motifs is 2. The Morgan fingerprint density at radius 1 is 1.18 bits per heavy atom. The van der Waals surface area contributed by atoms with Gasteiger partial charge in [-0.3, -0.25) is 4.90 Å². The van der Waals surface area contributed by atoms with E-state index in [1.54, 1.807) is 30.6 Å². The van der Waals surface area contributed by atoms with Gasteiger partial charge in [0, 0.05) is 40.4 Å². The van der Waals surface area contributed by atoms with Crippen LogP contribution in [0.2, 0.25) is 0 Å². The second-order valence-corrected chi connectivity index (χ2v) is 8.87. The molecule has 0 aliphatic carbocycles. The molecule has 0 amide bonds. The Labute approximate surface area is 170 Å². The smallest absolute Gasteiger partial charge is 0.336 e. The van der Waals surface area contributed by atoms with E-state index < -0.39 is 0 Å². The summed E-state index contributed by atoms with van der Waals surface area (Å²) in [5, 5.41) is 5.28. The van der Waals surface area contributed by atoms with Crippen LogP contribution in [0, 0.1) is 0 Å². The molecule has 1 aliphatic heterocycles. The van der Waals surface area contributed by atoms with Gasteiger partial charge >= 0.3 is 5.63 Å². The number of hydrogen-bond acceptors (Lipinski definition) is 6. The molecule has 1 aliphatic rings. The van der Waals surface area contributed by atoms with Crippen LogP contribution in [-0.2, 0) is 13.0 Å². The van der Waals surface area contributed by atoms with Crippen molar-refractivity contribution in [1.29, 1.82) is 0 Å². The largest absolute Gasteiger partial charge is 0.497 e. The highest BCUT2D eigenvalue weighted by Crippen LogP contribution is 2.40. The lowest BCUT2D eigenvalue weighted by molar-refractivity contribution is 0.209. The zero-order chi connectivity index (χ0) is 19.1. The highest BCUT2D eigenvalue weighted by Gasteiger charge is 2.30. The first-order chi connectivity index (χ1) is 13.7. The maximum Gasteiger partial charge on any atom is 0.336 e. The van der Waals surface area contributed by atoms with Gasteiger partial charge in [0.1, 0.15) is 11.3 Å². The molecule has 0 saturated heterocycles. The van der Waals surface area contributed by atoms with Crippen molar-refractivity contribution in [3.05, 3.63) is 84.5 Å². The first kappa shape index (κ1) is 17.7. The van der Waals surface area contributed by atoms with Crippen LogP contribution in [0.4, 0.5) is 0 Å². The molecule has 0 spiro atoms. The minimum Gasteiger partial charge on any atom is -0.497 e. The number of methoxy groups -OCH3 is 1. The van der Waals surface area contributed by atoms with Crippen molar-refractivity contribution in [2.24, 2.45) is 0 Å². The Hall–Kier alpha value is -2.41. The molecule has 28 heavy (non-hydrogen) atoms. The zero-order valence-corrected chi connectivity index (χ0v) is 17.0. The third-order valence-corrected chi connectivity index (χ3v) is 7.21. The van der Waals surface area contributed by atoms with Crippen LogP contribution in [0.3, 0.4) is 0 Å². The van der Waals surface area contributed by atoms with E-state index in [1.807, 2.05) is 23.5 Å². The number of thiophene rings is 2. The van der Waals surface area contributed by atoms with Gasteiger partial charge in [0.05, 0.1) is 13.2 Å². The monoisotopic (exact) mass is 409 g/mol. The van der Waals surface area contributed by atoms with Crippen LogP contribution in [0.25, 0.3) is 11.0 Å². The number of rotatable bonds is 4. The predicted molar refractivity (Wildman–Crippen MR) is 114 cm³/mol. The van der Waals surface area contributed by atoms with Crippen LogP contribution < -0.4 is 10.4 Å². The highest BCUT2D eigenvalue weighted by molar-refractivity contribution is 7.10. The average Bonchev–Trinajstić information content (AvgIpc) is 3.39. The summed E-state index contributed by atoms with van der Waals surface area (Å²) in [5.41, 5.74) is 2.64. The van der Waals surface area contributed by atoms with E-state index in [2.05, 4.69) is 33.9 Å². The molecule has 4 aromatic rings. The Morgan fingerprint density at radius 2 is 2.11 bits per heavy atom. The number of hydrogen-bond donors (Lipinski definition) is 0. The molecule has 1 atom stereocenters. The lowest BCUT2D eigenvalue weighted by Crippen LogP contribution is -2.34. The van der Waals surface area contributed by atoms with Crippen molar-refractivity contribution >= 4 is 33.6 Å². The predicted octanol–water partition coefficient (Wildman–Crippen LogP) is 5.07. The third-order valence-electron chi connectivity index (χ3n) is 5.29. The lowest BCUT2D eigenvalue weighted by atomic mass is 9.97. The van der Waals surface area contributed by atoms with E-state index >= 15 is 0 Å². The summed E-state index contributed by atoms with van der Waals surface area (Å²) in [6.45, 7) is 1.67. The SMILES string of the molecule is COc1ccc2c(CN3CCc4sccc4C3c3cccs3)cc(=O)oc2c1. The summed E-state index contributed by atoms with van der Waals surface area (Å²) < 4.78 is 10.7. The van der Waals surface area contributed by atoms with Gasteiger partial charge in [-0.15, -0.1) is 22.7 Å². The van der Waals surface area contributed by atoms with E-state index in [9.17, 15) is 4.79 Å². The van der Waals surface area contributed by atoms with E-state index in [0.29, 0.717) is 17.9 Å². The molecule has 142 valence electrons. The minimum absolute atomic E-state index is 0.232. The summed E-state index contributed by atoms with van der Waals surface area (Å²) in [4.78, 5) is 17.5. The Morgan fingerprint density at radius 3 is 2.93 bits per heavy atom. The Bertz CT molecular complexity index is 1180. The zero-order valence-electron chi connectivity index (χ0n) is 15.4. The molecule has 6 heteroatoms. The van der Waals surface area contributed by atoms with Gasteiger partial charge in [0.25, 0.3) is 0 Å². The minimum atomic E-state index is -0.323. The standard InChI is InChI=1S/C22H19NO3S2/c1-25-15-4-5-16-14(11-21(24)26-18(16)12-15)13-23-8-6-19-17(7-10-28-19)22(23)20-3-2-9-27-20/h2-5,7,9-12,22H,6,8,13H2,1H3. The number of nitrogens with zero attached hydrogens (tertiary/aromatic N) is 1. The summed E-state index contributed by atoms with van der Waals surface area (Å²) in [6.07, 6.45) is 1.04. The molecule has 0 radical (unpaired) electrons. The fourth-order valence-corrected chi connectivity index (χ4v) is 5.79. The average molecular weight is 410 g/mol. The third kappa shape index (κ3) is 3.07. The summed E-state index contributed by atoms with van der Waals surface area (Å²) in [6, 6.07) is 14.1. The fourth-order valence-electron chi connectivity index (χ4n) is 4.01. The van der Waals surface area contributed by atoms with Gasteiger partial charge in [-0.2, -0.15) is 0 Å². The summed E-state index contributed by atoms with van der Waals surface area (Å²) in [7, 11) is 1.61. The Balaban J connectivity index is 1.58. The van der Waals surface area contributed by atoms with Crippen LogP contribution in [0.5, 0.6) is 5.75 Å². The van der Waals surface area contributed by atoms with Gasteiger partial charge < -0.3 is 9.15 Å². The molecule has 5 rings (SSSR count). The van der Waals surface area contributed by atoms with Crippen LogP contribution in [-0.4, -0.2) is 18.6 Å². The van der Waals surface area contributed by atoms with Crippen LogP contribution in [0.1, 0.15) is 26.9 Å². The van der Waals surface area contributed by atoms with Gasteiger partial charge in [0.15, 0.2) is 0 Å². The van der Waals surface area contributed by atoms with Gasteiger partial charge in [-0.1, -0.05) is 6.07 Å². The topological polar surface area (TPSA) is 42.7 Å². The van der Waals surface area contributed by atoms with Crippen molar-refractivity contribution in [3.63, 3.8) is 0 Å². The van der Waals surface area contributed by atoms with Gasteiger partial charge in [-0.05, 0) is 52.6 Å². The van der Waals surface area contributed by atoms with E-state index in [1.165, 1.54) is 15.3 Å². The van der Waals surface area contributed by atoms with E-state index in [-0.39, 0.29) is 11.7 Å². The molecular weight excluding hydrogens is 390 g/mol. The van der Waals surface area contributed by atoms with Crippen molar-refractivity contribution in [3.8, 4) is 5.75 Å². The second-order valence-electron chi connectivity index (χ2n) is 6.89. The molecule has 0 saturated carbocycles. The maximum atomic E-state index is 12.2. The highest BCUT2D eigenvalue weighted by atomic mass is 32.1. The van der Waals surface area contributed by atoms with Gasteiger partial charge in [0.2, 0.25) is 0 Å². The molecule has 4 nitrogen and oxygen atoms in total. The molecule has 0 N–H and O–H groups in total. The number of benzene rings is 1. The van der Waals surface area contributed by atoms with Crippen LogP contribution in [0.15, 0.2) is 62.4 Å². The Kier molecular flexibility index (Phi) is 4.55. The first-order valence-electron chi connectivity index (χ1n) is 9.17. The summed E-state index contributed by atoms with van der Waals surface area (Å²) in [5.74, 6) is 0.685. The fraction of sp³-hybridized carbons (Fsp3) is 0.227. The van der Waals surface area contributed by atoms with E-state index in [0.717, 1.165) is 23.9 Å². The lowest BCUT2D eigenvalue weighted by Gasteiger charge is -2.35. The second kappa shape index (κ2) is 7.20.